The van der Waals surface area contributed by atoms with Crippen molar-refractivity contribution in [3.8, 4) is 0 Å². The van der Waals surface area contributed by atoms with Gasteiger partial charge in [0.15, 0.2) is 0 Å². The summed E-state index contributed by atoms with van der Waals surface area (Å²) in [6.45, 7) is 3.84. The van der Waals surface area contributed by atoms with Crippen LogP contribution in [0.2, 0.25) is 10.0 Å². The van der Waals surface area contributed by atoms with Gasteiger partial charge in [-0.1, -0.05) is 43.5 Å². The topological polar surface area (TPSA) is 49.4 Å². The standard InChI is InChI=1S/C15H18Cl2N2O2/c1-3-5-11-15(21)19(12(4-2)14(20)18-11)13-8-9(16)6-7-10(13)17/h6-8,11-12H,3-5H2,1-2H3,(H,18,20). The number of piperazine rings is 1. The van der Waals surface area contributed by atoms with Crippen molar-refractivity contribution < 1.29 is 9.59 Å². The average molecular weight is 329 g/mol. The fourth-order valence-electron chi connectivity index (χ4n) is 2.58. The van der Waals surface area contributed by atoms with Crippen molar-refractivity contribution in [2.24, 2.45) is 0 Å². The van der Waals surface area contributed by atoms with E-state index in [4.69, 9.17) is 23.2 Å². The molecule has 0 radical (unpaired) electrons. The molecule has 4 nitrogen and oxygen atoms in total. The van der Waals surface area contributed by atoms with Crippen LogP contribution in [-0.4, -0.2) is 23.9 Å². The van der Waals surface area contributed by atoms with Crippen LogP contribution in [0.1, 0.15) is 33.1 Å². The Morgan fingerprint density at radius 1 is 1.24 bits per heavy atom. The number of nitrogens with zero attached hydrogens (tertiary/aromatic N) is 1. The molecular formula is C15H18Cl2N2O2. The summed E-state index contributed by atoms with van der Waals surface area (Å²) in [5.74, 6) is -0.279. The largest absolute Gasteiger partial charge is 0.342 e. The SMILES string of the molecule is CCCC1NC(=O)C(CC)N(c2cc(Cl)ccc2Cl)C1=O. The van der Waals surface area contributed by atoms with Crippen molar-refractivity contribution >= 4 is 40.7 Å². The van der Waals surface area contributed by atoms with Crippen LogP contribution in [0.3, 0.4) is 0 Å². The molecule has 0 bridgehead atoms. The van der Waals surface area contributed by atoms with E-state index < -0.39 is 12.1 Å². The van der Waals surface area contributed by atoms with Crippen molar-refractivity contribution in [3.05, 3.63) is 28.2 Å². The van der Waals surface area contributed by atoms with E-state index in [0.29, 0.717) is 28.6 Å². The summed E-state index contributed by atoms with van der Waals surface area (Å²) in [5.41, 5.74) is 0.497. The molecule has 1 heterocycles. The third-order valence-corrected chi connectivity index (χ3v) is 4.15. The van der Waals surface area contributed by atoms with Crippen molar-refractivity contribution in [2.45, 2.75) is 45.2 Å². The van der Waals surface area contributed by atoms with Gasteiger partial charge in [0, 0.05) is 5.02 Å². The van der Waals surface area contributed by atoms with Gasteiger partial charge in [-0.2, -0.15) is 0 Å². The van der Waals surface area contributed by atoms with Gasteiger partial charge in [0.25, 0.3) is 0 Å². The molecule has 21 heavy (non-hydrogen) atoms. The minimum absolute atomic E-state index is 0.132. The lowest BCUT2D eigenvalue weighted by molar-refractivity contribution is -0.134. The summed E-state index contributed by atoms with van der Waals surface area (Å²) in [4.78, 5) is 26.5. The molecule has 2 atom stereocenters. The number of nitrogens with one attached hydrogen (secondary N) is 1. The number of hydrogen-bond acceptors (Lipinski definition) is 2. The minimum atomic E-state index is -0.554. The smallest absolute Gasteiger partial charge is 0.250 e. The van der Waals surface area contributed by atoms with Crippen molar-refractivity contribution in [1.29, 1.82) is 0 Å². The molecule has 0 aromatic heterocycles. The maximum absolute atomic E-state index is 12.7. The van der Waals surface area contributed by atoms with E-state index in [-0.39, 0.29) is 11.8 Å². The Bertz CT molecular complexity index is 563. The first-order valence-electron chi connectivity index (χ1n) is 7.08. The lowest BCUT2D eigenvalue weighted by atomic mass is 10.0. The normalized spacial score (nSPS) is 22.4. The van der Waals surface area contributed by atoms with Crippen LogP contribution in [0.5, 0.6) is 0 Å². The molecule has 2 rings (SSSR count). The van der Waals surface area contributed by atoms with E-state index in [9.17, 15) is 9.59 Å². The molecule has 1 aliphatic heterocycles. The van der Waals surface area contributed by atoms with Gasteiger partial charge in [-0.3, -0.25) is 14.5 Å². The fraction of sp³-hybridized carbons (Fsp3) is 0.467. The van der Waals surface area contributed by atoms with Crippen LogP contribution in [0.25, 0.3) is 0 Å². The summed E-state index contributed by atoms with van der Waals surface area (Å²) >= 11 is 12.2. The zero-order valence-electron chi connectivity index (χ0n) is 12.0. The molecule has 0 aliphatic carbocycles. The van der Waals surface area contributed by atoms with Gasteiger partial charge in [-0.05, 0) is 31.0 Å². The molecule has 1 aliphatic rings. The van der Waals surface area contributed by atoms with E-state index in [2.05, 4.69) is 5.32 Å². The van der Waals surface area contributed by atoms with Gasteiger partial charge in [0.1, 0.15) is 12.1 Å². The molecule has 1 saturated heterocycles. The van der Waals surface area contributed by atoms with Crippen LogP contribution in [0.15, 0.2) is 18.2 Å². The number of carbonyl (C=O) groups is 2. The van der Waals surface area contributed by atoms with Gasteiger partial charge in [-0.25, -0.2) is 0 Å². The molecule has 0 spiro atoms. The Balaban J connectivity index is 2.46. The van der Waals surface area contributed by atoms with Gasteiger partial charge in [0.05, 0.1) is 10.7 Å². The van der Waals surface area contributed by atoms with Crippen molar-refractivity contribution in [1.82, 2.24) is 5.32 Å². The number of anilines is 1. The van der Waals surface area contributed by atoms with Gasteiger partial charge >= 0.3 is 0 Å². The number of carbonyl (C=O) groups excluding carboxylic acids is 2. The maximum atomic E-state index is 12.7. The van der Waals surface area contributed by atoms with Crippen LogP contribution in [-0.2, 0) is 9.59 Å². The predicted octanol–water partition coefficient (Wildman–Crippen LogP) is 3.40. The van der Waals surface area contributed by atoms with E-state index in [1.807, 2.05) is 13.8 Å². The number of benzene rings is 1. The monoisotopic (exact) mass is 328 g/mol. The molecule has 2 amide bonds. The molecule has 6 heteroatoms. The Labute approximate surface area is 134 Å². The van der Waals surface area contributed by atoms with E-state index in [1.165, 1.54) is 4.90 Å². The van der Waals surface area contributed by atoms with Gasteiger partial charge < -0.3 is 5.32 Å². The molecular weight excluding hydrogens is 311 g/mol. The molecule has 1 N–H and O–H groups in total. The van der Waals surface area contributed by atoms with Crippen LogP contribution in [0.4, 0.5) is 5.69 Å². The number of amides is 2. The molecule has 1 aromatic rings. The Hall–Kier alpha value is -1.26. The summed E-state index contributed by atoms with van der Waals surface area (Å²) in [6, 6.07) is 3.88. The fourth-order valence-corrected chi connectivity index (χ4v) is 2.95. The second-order valence-corrected chi connectivity index (χ2v) is 5.92. The molecule has 2 unspecified atom stereocenters. The first-order valence-corrected chi connectivity index (χ1v) is 7.83. The highest BCUT2D eigenvalue weighted by Gasteiger charge is 2.40. The highest BCUT2D eigenvalue weighted by atomic mass is 35.5. The summed E-state index contributed by atoms with van der Waals surface area (Å²) in [5, 5.41) is 3.69. The average Bonchev–Trinajstić information content (AvgIpc) is 2.45. The highest BCUT2D eigenvalue weighted by Crippen LogP contribution is 2.33. The molecule has 114 valence electrons. The van der Waals surface area contributed by atoms with Crippen LogP contribution >= 0.6 is 23.2 Å². The third-order valence-electron chi connectivity index (χ3n) is 3.60. The van der Waals surface area contributed by atoms with Crippen LogP contribution < -0.4 is 10.2 Å². The Morgan fingerprint density at radius 3 is 2.57 bits per heavy atom. The lowest BCUT2D eigenvalue weighted by Gasteiger charge is -2.39. The van der Waals surface area contributed by atoms with E-state index >= 15 is 0 Å². The predicted molar refractivity (Wildman–Crippen MR) is 84.9 cm³/mol. The zero-order chi connectivity index (χ0) is 15.6. The molecule has 0 saturated carbocycles. The second-order valence-electron chi connectivity index (χ2n) is 5.08. The minimum Gasteiger partial charge on any atom is -0.342 e. The summed E-state index contributed by atoms with van der Waals surface area (Å²) in [6.07, 6.45) is 1.93. The van der Waals surface area contributed by atoms with Crippen molar-refractivity contribution in [3.63, 3.8) is 0 Å². The summed E-state index contributed by atoms with van der Waals surface area (Å²) in [7, 11) is 0. The van der Waals surface area contributed by atoms with E-state index in [0.717, 1.165) is 6.42 Å². The number of rotatable bonds is 4. The van der Waals surface area contributed by atoms with Crippen LogP contribution in [0, 0.1) is 0 Å². The third kappa shape index (κ3) is 3.16. The summed E-state index contributed by atoms with van der Waals surface area (Å²) < 4.78 is 0. The van der Waals surface area contributed by atoms with E-state index in [1.54, 1.807) is 18.2 Å². The maximum Gasteiger partial charge on any atom is 0.250 e. The zero-order valence-corrected chi connectivity index (χ0v) is 13.5. The number of halogens is 2. The molecule has 1 fully saturated rings. The lowest BCUT2D eigenvalue weighted by Crippen LogP contribution is -2.63. The Morgan fingerprint density at radius 2 is 1.95 bits per heavy atom. The van der Waals surface area contributed by atoms with Gasteiger partial charge in [0.2, 0.25) is 11.8 Å². The highest BCUT2D eigenvalue weighted by molar-refractivity contribution is 6.36. The molecule has 1 aromatic carbocycles. The van der Waals surface area contributed by atoms with Crippen molar-refractivity contribution in [2.75, 3.05) is 4.90 Å². The van der Waals surface area contributed by atoms with Gasteiger partial charge in [-0.15, -0.1) is 0 Å². The number of hydrogen-bond donors (Lipinski definition) is 1. The first kappa shape index (κ1) is 16.1. The first-order chi connectivity index (χ1) is 9.99. The quantitative estimate of drug-likeness (QED) is 0.920. The Kier molecular flexibility index (Phi) is 5.12. The second kappa shape index (κ2) is 6.67.